The minimum absolute atomic E-state index is 0.0902. The molecule has 0 aromatic heterocycles. The van der Waals surface area contributed by atoms with Crippen LogP contribution in [-0.2, 0) is 4.74 Å². The molecule has 21 heavy (non-hydrogen) atoms. The van der Waals surface area contributed by atoms with Crippen LogP contribution in [0.3, 0.4) is 0 Å². The average molecular weight is 292 g/mol. The maximum absolute atomic E-state index is 11.3. The maximum Gasteiger partial charge on any atom is 0.337 e. The zero-order valence-electron chi connectivity index (χ0n) is 12.7. The normalized spacial score (nSPS) is 21.0. The van der Waals surface area contributed by atoms with E-state index in [0.29, 0.717) is 18.0 Å². The van der Waals surface area contributed by atoms with E-state index in [1.807, 2.05) is 0 Å². The van der Waals surface area contributed by atoms with E-state index in [2.05, 4.69) is 19.2 Å². The van der Waals surface area contributed by atoms with Crippen molar-refractivity contribution in [3.63, 3.8) is 0 Å². The van der Waals surface area contributed by atoms with Crippen molar-refractivity contribution >= 4 is 17.3 Å². The molecule has 5 heteroatoms. The number of nitrogen functional groups attached to an aromatic ring is 1. The molecule has 0 saturated carbocycles. The summed E-state index contributed by atoms with van der Waals surface area (Å²) in [5.41, 5.74) is 6.89. The Morgan fingerprint density at radius 2 is 2.19 bits per heavy atom. The van der Waals surface area contributed by atoms with Crippen LogP contribution in [0.5, 0.6) is 0 Å². The monoisotopic (exact) mass is 292 g/mol. The number of anilines is 2. The van der Waals surface area contributed by atoms with Crippen molar-refractivity contribution in [2.75, 3.05) is 17.7 Å². The Hall–Kier alpha value is -1.75. The number of carbonyl (C=O) groups is 1. The van der Waals surface area contributed by atoms with Crippen molar-refractivity contribution < 1.29 is 14.6 Å². The van der Waals surface area contributed by atoms with Crippen LogP contribution in [0.2, 0.25) is 0 Å². The molecule has 4 N–H and O–H groups in total. The molecule has 1 heterocycles. The first-order chi connectivity index (χ1) is 9.99. The van der Waals surface area contributed by atoms with Gasteiger partial charge in [-0.1, -0.05) is 13.8 Å². The lowest BCUT2D eigenvalue weighted by molar-refractivity contribution is -0.0864. The van der Waals surface area contributed by atoms with Crippen LogP contribution in [0, 0.1) is 0 Å². The first-order valence-corrected chi connectivity index (χ1v) is 7.53. The van der Waals surface area contributed by atoms with Gasteiger partial charge in [-0.15, -0.1) is 0 Å². The lowest BCUT2D eigenvalue weighted by Gasteiger charge is -2.40. The van der Waals surface area contributed by atoms with Crippen LogP contribution < -0.4 is 11.1 Å². The van der Waals surface area contributed by atoms with Gasteiger partial charge in [-0.2, -0.15) is 0 Å². The third-order valence-electron chi connectivity index (χ3n) is 4.42. The lowest BCUT2D eigenvalue weighted by Crippen LogP contribution is -2.43. The second-order valence-electron chi connectivity index (χ2n) is 5.68. The summed E-state index contributed by atoms with van der Waals surface area (Å²) in [5.74, 6) is -0.964. The average Bonchev–Trinajstić information content (AvgIpc) is 2.49. The van der Waals surface area contributed by atoms with Crippen LogP contribution in [0.15, 0.2) is 18.2 Å². The number of rotatable bonds is 5. The number of benzene rings is 1. The maximum atomic E-state index is 11.3. The fourth-order valence-corrected chi connectivity index (χ4v) is 2.98. The third-order valence-corrected chi connectivity index (χ3v) is 4.42. The summed E-state index contributed by atoms with van der Waals surface area (Å²) in [6.45, 7) is 4.98. The Kier molecular flexibility index (Phi) is 4.73. The van der Waals surface area contributed by atoms with Crippen LogP contribution in [0.1, 0.15) is 49.9 Å². The number of hydrogen-bond donors (Lipinski definition) is 3. The van der Waals surface area contributed by atoms with Crippen LogP contribution in [-0.4, -0.2) is 29.3 Å². The fourth-order valence-electron chi connectivity index (χ4n) is 2.98. The van der Waals surface area contributed by atoms with Crippen molar-refractivity contribution in [1.29, 1.82) is 0 Å². The Morgan fingerprint density at radius 1 is 1.48 bits per heavy atom. The Bertz CT molecular complexity index is 512. The third kappa shape index (κ3) is 3.47. The number of carboxylic acid groups (broad SMARTS) is 1. The van der Waals surface area contributed by atoms with Crippen molar-refractivity contribution in [2.24, 2.45) is 0 Å². The number of hydrogen-bond acceptors (Lipinski definition) is 4. The zero-order valence-corrected chi connectivity index (χ0v) is 12.7. The zero-order chi connectivity index (χ0) is 15.5. The molecule has 1 unspecified atom stereocenters. The van der Waals surface area contributed by atoms with Gasteiger partial charge in [-0.3, -0.25) is 0 Å². The number of carboxylic acids is 1. The molecule has 1 fully saturated rings. The van der Waals surface area contributed by atoms with Gasteiger partial charge in [-0.05, 0) is 43.9 Å². The molecule has 1 aliphatic rings. The van der Waals surface area contributed by atoms with E-state index < -0.39 is 5.97 Å². The molecular weight excluding hydrogens is 268 g/mol. The van der Waals surface area contributed by atoms with Gasteiger partial charge in [0.05, 0.1) is 11.2 Å². The largest absolute Gasteiger partial charge is 0.478 e. The van der Waals surface area contributed by atoms with Crippen molar-refractivity contribution in [1.82, 2.24) is 0 Å². The number of ether oxygens (including phenoxy) is 1. The standard InChI is InChI=1S/C16H24N2O3/c1-3-16(4-2)10-12(7-8-21-16)18-14-6-5-11(17)9-13(14)15(19)20/h5-6,9,12,18H,3-4,7-8,10,17H2,1-2H3,(H,19,20). The summed E-state index contributed by atoms with van der Waals surface area (Å²) in [6.07, 6.45) is 3.71. The van der Waals surface area contributed by atoms with Crippen LogP contribution in [0.4, 0.5) is 11.4 Å². The SMILES string of the molecule is CCC1(CC)CC(Nc2ccc(N)cc2C(=O)O)CCO1. The predicted molar refractivity (Wildman–Crippen MR) is 83.7 cm³/mol. The van der Waals surface area contributed by atoms with E-state index in [1.54, 1.807) is 12.1 Å². The van der Waals surface area contributed by atoms with E-state index in [1.165, 1.54) is 6.07 Å². The summed E-state index contributed by atoms with van der Waals surface area (Å²) < 4.78 is 5.95. The van der Waals surface area contributed by atoms with E-state index in [-0.39, 0.29) is 17.2 Å². The highest BCUT2D eigenvalue weighted by atomic mass is 16.5. The van der Waals surface area contributed by atoms with Gasteiger partial charge in [0, 0.05) is 24.0 Å². The molecule has 1 saturated heterocycles. The summed E-state index contributed by atoms with van der Waals surface area (Å²) in [6, 6.07) is 5.19. The van der Waals surface area contributed by atoms with E-state index >= 15 is 0 Å². The van der Waals surface area contributed by atoms with Crippen molar-refractivity contribution in [3.05, 3.63) is 23.8 Å². The minimum Gasteiger partial charge on any atom is -0.478 e. The first-order valence-electron chi connectivity index (χ1n) is 7.53. The number of nitrogens with two attached hydrogens (primary N) is 1. The molecule has 1 aromatic carbocycles. The molecule has 1 atom stereocenters. The van der Waals surface area contributed by atoms with Crippen LogP contribution in [0.25, 0.3) is 0 Å². The van der Waals surface area contributed by atoms with Crippen molar-refractivity contribution in [2.45, 2.75) is 51.2 Å². The van der Waals surface area contributed by atoms with E-state index in [4.69, 9.17) is 10.5 Å². The fraction of sp³-hybridized carbons (Fsp3) is 0.562. The smallest absolute Gasteiger partial charge is 0.337 e. The molecule has 0 amide bonds. The molecule has 0 spiro atoms. The second-order valence-corrected chi connectivity index (χ2v) is 5.68. The van der Waals surface area contributed by atoms with Crippen molar-refractivity contribution in [3.8, 4) is 0 Å². The van der Waals surface area contributed by atoms with E-state index in [0.717, 1.165) is 25.7 Å². The topological polar surface area (TPSA) is 84.6 Å². The number of nitrogens with one attached hydrogen (secondary N) is 1. The molecule has 1 aromatic rings. The van der Waals surface area contributed by atoms with Gasteiger partial charge in [-0.25, -0.2) is 4.79 Å². The van der Waals surface area contributed by atoms with E-state index in [9.17, 15) is 9.90 Å². The molecule has 0 radical (unpaired) electrons. The van der Waals surface area contributed by atoms with Gasteiger partial charge in [0.2, 0.25) is 0 Å². The molecule has 0 aliphatic carbocycles. The summed E-state index contributed by atoms with van der Waals surface area (Å²) in [4.78, 5) is 11.3. The summed E-state index contributed by atoms with van der Waals surface area (Å²) in [7, 11) is 0. The van der Waals surface area contributed by atoms with Gasteiger partial charge < -0.3 is 20.9 Å². The minimum atomic E-state index is -0.964. The van der Waals surface area contributed by atoms with Crippen LogP contribution >= 0.6 is 0 Å². The lowest BCUT2D eigenvalue weighted by atomic mass is 9.85. The molecular formula is C16H24N2O3. The first kappa shape index (κ1) is 15.6. The Labute approximate surface area is 125 Å². The number of aromatic carboxylic acids is 1. The molecule has 2 rings (SSSR count). The molecule has 5 nitrogen and oxygen atoms in total. The van der Waals surface area contributed by atoms with Gasteiger partial charge in [0.1, 0.15) is 0 Å². The highest BCUT2D eigenvalue weighted by molar-refractivity contribution is 5.95. The summed E-state index contributed by atoms with van der Waals surface area (Å²) in [5, 5.41) is 12.7. The molecule has 0 bridgehead atoms. The molecule has 116 valence electrons. The van der Waals surface area contributed by atoms with Gasteiger partial charge in [0.15, 0.2) is 0 Å². The van der Waals surface area contributed by atoms with Gasteiger partial charge in [0.25, 0.3) is 0 Å². The quantitative estimate of drug-likeness (QED) is 0.726. The predicted octanol–water partition coefficient (Wildman–Crippen LogP) is 3.12. The highest BCUT2D eigenvalue weighted by Gasteiger charge is 2.34. The highest BCUT2D eigenvalue weighted by Crippen LogP contribution is 2.33. The summed E-state index contributed by atoms with van der Waals surface area (Å²) >= 11 is 0. The Morgan fingerprint density at radius 3 is 2.81 bits per heavy atom. The Balaban J connectivity index is 2.16. The molecule has 1 aliphatic heterocycles. The second kappa shape index (κ2) is 6.35. The van der Waals surface area contributed by atoms with Gasteiger partial charge >= 0.3 is 5.97 Å².